The third kappa shape index (κ3) is 1.35. The highest BCUT2D eigenvalue weighted by molar-refractivity contribution is 4.54. The predicted octanol–water partition coefficient (Wildman–Crippen LogP) is -0.112. The number of rotatable bonds is 1. The van der Waals surface area contributed by atoms with Crippen molar-refractivity contribution >= 4 is 0 Å². The molecule has 0 fully saturated rings. The van der Waals surface area contributed by atoms with Crippen molar-refractivity contribution < 1.29 is 9.67 Å². The number of imidazole rings is 1. The monoisotopic (exact) mass is 115 g/mol. The fraction of sp³-hybridized carbons (Fsp3) is 0.400. The van der Waals surface area contributed by atoms with Crippen LogP contribution in [0.25, 0.3) is 0 Å². The molecule has 0 aliphatic rings. The molecule has 3 nitrogen and oxygen atoms in total. The summed E-state index contributed by atoms with van der Waals surface area (Å²) in [6.45, 7) is 0.0451. The van der Waals surface area contributed by atoms with Crippen LogP contribution in [-0.4, -0.2) is 10.1 Å². The minimum atomic E-state index is 0. The van der Waals surface area contributed by atoms with Crippen LogP contribution in [0.2, 0.25) is 0 Å². The van der Waals surface area contributed by atoms with Gasteiger partial charge in [-0.25, -0.2) is 4.57 Å². The number of hydrogen-bond donors (Lipinski definition) is 2. The van der Waals surface area contributed by atoms with E-state index in [2.05, 4.69) is 4.98 Å². The molecule has 1 aromatic heterocycles. The minimum absolute atomic E-state index is 0. The van der Waals surface area contributed by atoms with Crippen LogP contribution in [-0.2, 0) is 6.73 Å². The molecule has 0 saturated carbocycles. The largest absolute Gasteiger partial charge is 0.358 e. The van der Waals surface area contributed by atoms with Gasteiger partial charge in [-0.05, 0) is 0 Å². The summed E-state index contributed by atoms with van der Waals surface area (Å²) >= 11 is 0. The van der Waals surface area contributed by atoms with Gasteiger partial charge in [0.1, 0.15) is 12.4 Å². The standard InChI is InChI=1S/C4H6N2O.CH4/c7-4-6-2-1-5-3-6;/h1-3,7H,4H2;1H4/p+1. The average Bonchev–Trinajstić information content (AvgIpc) is 2.14. The Hall–Kier alpha value is -0.830. The van der Waals surface area contributed by atoms with Gasteiger partial charge in [-0.3, -0.25) is 4.98 Å². The first-order valence-electron chi connectivity index (χ1n) is 2.06. The van der Waals surface area contributed by atoms with Gasteiger partial charge in [-0.15, -0.1) is 0 Å². The van der Waals surface area contributed by atoms with Crippen LogP contribution < -0.4 is 4.57 Å². The molecule has 1 aromatic rings. The first kappa shape index (κ1) is 7.17. The molecule has 0 bridgehead atoms. The van der Waals surface area contributed by atoms with Gasteiger partial charge >= 0.3 is 0 Å². The Morgan fingerprint density at radius 3 is 2.62 bits per heavy atom. The Morgan fingerprint density at radius 1 is 1.62 bits per heavy atom. The second-order valence-corrected chi connectivity index (χ2v) is 1.27. The van der Waals surface area contributed by atoms with Gasteiger partial charge in [0, 0.05) is 0 Å². The van der Waals surface area contributed by atoms with Gasteiger partial charge < -0.3 is 5.11 Å². The first-order valence-corrected chi connectivity index (χ1v) is 2.06. The summed E-state index contributed by atoms with van der Waals surface area (Å²) in [5.74, 6) is 0. The highest BCUT2D eigenvalue weighted by Crippen LogP contribution is 1.63. The highest BCUT2D eigenvalue weighted by atomic mass is 16.3. The molecule has 3 heteroatoms. The topological polar surface area (TPSA) is 39.9 Å². The normalized spacial score (nSPS) is 8.12. The number of H-pyrrole nitrogens is 1. The Balaban J connectivity index is 0.000000490. The second-order valence-electron chi connectivity index (χ2n) is 1.27. The lowest BCUT2D eigenvalue weighted by atomic mass is 10.9. The Labute approximate surface area is 48.6 Å². The first-order chi connectivity index (χ1) is 3.43. The van der Waals surface area contributed by atoms with Crippen molar-refractivity contribution in [3.63, 3.8) is 0 Å². The maximum Gasteiger partial charge on any atom is 0.243 e. The molecule has 0 saturated heterocycles. The molecule has 0 aliphatic carbocycles. The summed E-state index contributed by atoms with van der Waals surface area (Å²) in [6, 6.07) is 0. The van der Waals surface area contributed by atoms with Crippen LogP contribution in [0.4, 0.5) is 0 Å². The maximum absolute atomic E-state index is 8.37. The van der Waals surface area contributed by atoms with Crippen molar-refractivity contribution in [2.75, 3.05) is 0 Å². The highest BCUT2D eigenvalue weighted by Gasteiger charge is 1.86. The zero-order chi connectivity index (χ0) is 5.11. The van der Waals surface area contributed by atoms with E-state index in [1.54, 1.807) is 23.3 Å². The molecule has 0 aromatic carbocycles. The molecule has 1 heterocycles. The van der Waals surface area contributed by atoms with Crippen LogP contribution in [0.15, 0.2) is 18.7 Å². The summed E-state index contributed by atoms with van der Waals surface area (Å²) in [5.41, 5.74) is 0. The van der Waals surface area contributed by atoms with E-state index in [9.17, 15) is 0 Å². The molecule has 0 spiro atoms. The molecule has 1 rings (SSSR count). The van der Waals surface area contributed by atoms with Gasteiger partial charge in [0.2, 0.25) is 6.33 Å². The van der Waals surface area contributed by atoms with Crippen LogP contribution in [0.1, 0.15) is 7.43 Å². The Morgan fingerprint density at radius 2 is 2.38 bits per heavy atom. The number of aliphatic hydroxyl groups is 1. The lowest BCUT2D eigenvalue weighted by Crippen LogP contribution is -2.29. The summed E-state index contributed by atoms with van der Waals surface area (Å²) in [7, 11) is 0. The third-order valence-electron chi connectivity index (χ3n) is 0.766. The van der Waals surface area contributed by atoms with E-state index in [-0.39, 0.29) is 14.2 Å². The van der Waals surface area contributed by atoms with E-state index in [0.29, 0.717) is 0 Å². The third-order valence-corrected chi connectivity index (χ3v) is 0.766. The molecule has 0 unspecified atom stereocenters. The van der Waals surface area contributed by atoms with Crippen LogP contribution in [0, 0.1) is 0 Å². The Kier molecular flexibility index (Phi) is 2.88. The van der Waals surface area contributed by atoms with E-state index < -0.39 is 0 Å². The predicted molar refractivity (Wildman–Crippen MR) is 29.9 cm³/mol. The molecule has 0 aliphatic heterocycles. The van der Waals surface area contributed by atoms with Crippen molar-refractivity contribution in [3.05, 3.63) is 18.7 Å². The minimum Gasteiger partial charge on any atom is -0.358 e. The second kappa shape index (κ2) is 3.21. The number of nitrogens with zero attached hydrogens (tertiary/aromatic N) is 1. The molecule has 46 valence electrons. The molecule has 8 heavy (non-hydrogen) atoms. The molecule has 0 atom stereocenters. The number of aliphatic hydroxyl groups excluding tert-OH is 1. The van der Waals surface area contributed by atoms with E-state index >= 15 is 0 Å². The number of hydrogen-bond acceptors (Lipinski definition) is 1. The smallest absolute Gasteiger partial charge is 0.243 e. The lowest BCUT2D eigenvalue weighted by molar-refractivity contribution is -0.728. The van der Waals surface area contributed by atoms with E-state index in [1.165, 1.54) is 0 Å². The number of nitrogens with one attached hydrogen (secondary N) is 1. The molecule has 0 amide bonds. The maximum atomic E-state index is 8.37. The van der Waals surface area contributed by atoms with E-state index in [0.717, 1.165) is 0 Å². The molecule has 2 N–H and O–H groups in total. The van der Waals surface area contributed by atoms with Gasteiger partial charge in [0.15, 0.2) is 6.73 Å². The van der Waals surface area contributed by atoms with Crippen LogP contribution in [0.5, 0.6) is 0 Å². The molecular weight excluding hydrogens is 104 g/mol. The van der Waals surface area contributed by atoms with Crippen molar-refractivity contribution in [2.24, 2.45) is 0 Å². The van der Waals surface area contributed by atoms with Crippen molar-refractivity contribution in [3.8, 4) is 0 Å². The quantitative estimate of drug-likeness (QED) is 0.492. The van der Waals surface area contributed by atoms with Crippen LogP contribution in [0.3, 0.4) is 0 Å². The fourth-order valence-electron chi connectivity index (χ4n) is 0.409. The number of aromatic amines is 1. The van der Waals surface area contributed by atoms with Gasteiger partial charge in [-0.2, -0.15) is 0 Å². The lowest BCUT2D eigenvalue weighted by Gasteiger charge is -1.78. The van der Waals surface area contributed by atoms with Crippen molar-refractivity contribution in [1.29, 1.82) is 0 Å². The van der Waals surface area contributed by atoms with E-state index in [1.807, 2.05) is 0 Å². The average molecular weight is 115 g/mol. The molecular formula is C5H11N2O+. The van der Waals surface area contributed by atoms with Crippen molar-refractivity contribution in [2.45, 2.75) is 14.2 Å². The zero-order valence-corrected chi connectivity index (χ0v) is 3.83. The number of aromatic nitrogens is 2. The fourth-order valence-corrected chi connectivity index (χ4v) is 0.409. The SMILES string of the molecule is C.OC[n+]1cc[nH]c1. The summed E-state index contributed by atoms with van der Waals surface area (Å²) in [4.78, 5) is 2.78. The van der Waals surface area contributed by atoms with Gasteiger partial charge in [0.25, 0.3) is 0 Å². The van der Waals surface area contributed by atoms with Crippen molar-refractivity contribution in [1.82, 2.24) is 4.98 Å². The van der Waals surface area contributed by atoms with Gasteiger partial charge in [-0.1, -0.05) is 7.43 Å². The van der Waals surface area contributed by atoms with E-state index in [4.69, 9.17) is 5.11 Å². The zero-order valence-electron chi connectivity index (χ0n) is 3.83. The summed E-state index contributed by atoms with van der Waals surface area (Å²) < 4.78 is 1.62. The van der Waals surface area contributed by atoms with Gasteiger partial charge in [0.05, 0.1) is 0 Å². The summed E-state index contributed by atoms with van der Waals surface area (Å²) in [5, 5.41) is 8.37. The Bertz CT molecular complexity index is 125. The summed E-state index contributed by atoms with van der Waals surface area (Å²) in [6.07, 6.45) is 5.18. The van der Waals surface area contributed by atoms with Crippen LogP contribution >= 0.6 is 0 Å². The molecule has 0 radical (unpaired) electrons.